The highest BCUT2D eigenvalue weighted by atomic mass is 32.1. The van der Waals surface area contributed by atoms with Crippen LogP contribution in [0.2, 0.25) is 0 Å². The van der Waals surface area contributed by atoms with E-state index < -0.39 is 0 Å². The Labute approximate surface area is 102 Å². The van der Waals surface area contributed by atoms with E-state index in [4.69, 9.17) is 4.74 Å². The van der Waals surface area contributed by atoms with Gasteiger partial charge in [0, 0.05) is 18.8 Å². The predicted octanol–water partition coefficient (Wildman–Crippen LogP) is 2.57. The molecule has 0 aromatic heterocycles. The van der Waals surface area contributed by atoms with Crippen LogP contribution in [0.5, 0.6) is 0 Å². The van der Waals surface area contributed by atoms with Crippen LogP contribution in [-0.2, 0) is 11.3 Å². The smallest absolute Gasteiger partial charge is 0.410 e. The molecule has 0 fully saturated rings. The summed E-state index contributed by atoms with van der Waals surface area (Å²) in [6, 6.07) is 9.65. The van der Waals surface area contributed by atoms with Crippen molar-refractivity contribution >= 4 is 18.7 Å². The first-order chi connectivity index (χ1) is 7.77. The van der Waals surface area contributed by atoms with Crippen molar-refractivity contribution in [3.63, 3.8) is 0 Å². The molecule has 3 nitrogen and oxygen atoms in total. The van der Waals surface area contributed by atoms with Crippen LogP contribution in [0.25, 0.3) is 0 Å². The van der Waals surface area contributed by atoms with Crippen molar-refractivity contribution in [3.8, 4) is 0 Å². The second-order valence-corrected chi connectivity index (χ2v) is 3.79. The van der Waals surface area contributed by atoms with Crippen molar-refractivity contribution in [3.05, 3.63) is 35.9 Å². The van der Waals surface area contributed by atoms with E-state index in [0.29, 0.717) is 25.4 Å². The molecule has 0 aliphatic rings. The van der Waals surface area contributed by atoms with E-state index in [1.165, 1.54) is 0 Å². The highest BCUT2D eigenvalue weighted by Gasteiger charge is 2.11. The van der Waals surface area contributed by atoms with Gasteiger partial charge in [-0.05, 0) is 12.5 Å². The summed E-state index contributed by atoms with van der Waals surface area (Å²) in [6.45, 7) is 3.51. The SMILES string of the molecule is CCN(CCS)C(=O)OCc1ccccc1. The Bertz CT molecular complexity index is 316. The maximum absolute atomic E-state index is 11.6. The Balaban J connectivity index is 2.40. The quantitative estimate of drug-likeness (QED) is 0.800. The first-order valence-electron chi connectivity index (χ1n) is 5.34. The summed E-state index contributed by atoms with van der Waals surface area (Å²) in [5.41, 5.74) is 0.998. The minimum absolute atomic E-state index is 0.277. The number of carbonyl (C=O) groups excluding carboxylic acids is 1. The number of nitrogens with zero attached hydrogens (tertiary/aromatic N) is 1. The van der Waals surface area contributed by atoms with Crippen LogP contribution >= 0.6 is 12.6 Å². The highest BCUT2D eigenvalue weighted by Crippen LogP contribution is 2.03. The van der Waals surface area contributed by atoms with Gasteiger partial charge in [-0.1, -0.05) is 30.3 Å². The monoisotopic (exact) mass is 239 g/mol. The maximum Gasteiger partial charge on any atom is 0.410 e. The fourth-order valence-electron chi connectivity index (χ4n) is 1.31. The van der Waals surface area contributed by atoms with Gasteiger partial charge in [-0.15, -0.1) is 0 Å². The number of amides is 1. The van der Waals surface area contributed by atoms with Crippen LogP contribution < -0.4 is 0 Å². The molecule has 88 valence electrons. The van der Waals surface area contributed by atoms with Crippen molar-refractivity contribution in [1.82, 2.24) is 4.90 Å². The Hall–Kier alpha value is -1.16. The first-order valence-corrected chi connectivity index (χ1v) is 5.97. The van der Waals surface area contributed by atoms with E-state index in [9.17, 15) is 4.79 Å². The largest absolute Gasteiger partial charge is 0.445 e. The summed E-state index contributed by atoms with van der Waals surface area (Å²) in [4.78, 5) is 13.2. The minimum Gasteiger partial charge on any atom is -0.445 e. The molecule has 0 radical (unpaired) electrons. The van der Waals surface area contributed by atoms with E-state index in [2.05, 4.69) is 12.6 Å². The molecule has 1 aromatic rings. The molecule has 0 atom stereocenters. The zero-order valence-corrected chi connectivity index (χ0v) is 10.3. The summed E-state index contributed by atoms with van der Waals surface area (Å²) in [5.74, 6) is 0.647. The predicted molar refractivity (Wildman–Crippen MR) is 67.7 cm³/mol. The number of benzene rings is 1. The van der Waals surface area contributed by atoms with Gasteiger partial charge in [-0.2, -0.15) is 12.6 Å². The zero-order valence-electron chi connectivity index (χ0n) is 9.43. The van der Waals surface area contributed by atoms with Crippen LogP contribution in [0.3, 0.4) is 0 Å². The van der Waals surface area contributed by atoms with E-state index >= 15 is 0 Å². The number of ether oxygens (including phenoxy) is 1. The van der Waals surface area contributed by atoms with Crippen LogP contribution in [0, 0.1) is 0 Å². The summed E-state index contributed by atoms with van der Waals surface area (Å²) in [5, 5.41) is 0. The molecule has 16 heavy (non-hydrogen) atoms. The average molecular weight is 239 g/mol. The fourth-order valence-corrected chi connectivity index (χ4v) is 1.55. The molecule has 0 spiro atoms. The van der Waals surface area contributed by atoms with Gasteiger partial charge in [0.25, 0.3) is 0 Å². The van der Waals surface area contributed by atoms with Crippen LogP contribution in [0.4, 0.5) is 4.79 Å². The summed E-state index contributed by atoms with van der Waals surface area (Å²) < 4.78 is 5.19. The molecular weight excluding hydrogens is 222 g/mol. The van der Waals surface area contributed by atoms with E-state index in [-0.39, 0.29) is 6.09 Å². The summed E-state index contributed by atoms with van der Waals surface area (Å²) in [7, 11) is 0. The van der Waals surface area contributed by atoms with Gasteiger partial charge >= 0.3 is 6.09 Å². The molecule has 1 aromatic carbocycles. The van der Waals surface area contributed by atoms with Crippen LogP contribution in [0.1, 0.15) is 12.5 Å². The number of hydrogen-bond donors (Lipinski definition) is 1. The second-order valence-electron chi connectivity index (χ2n) is 3.34. The van der Waals surface area contributed by atoms with Gasteiger partial charge in [-0.25, -0.2) is 4.79 Å². The zero-order chi connectivity index (χ0) is 11.8. The van der Waals surface area contributed by atoms with E-state index in [1.807, 2.05) is 37.3 Å². The fraction of sp³-hybridized carbons (Fsp3) is 0.417. The third-order valence-corrected chi connectivity index (χ3v) is 2.41. The third kappa shape index (κ3) is 4.14. The lowest BCUT2D eigenvalue weighted by atomic mass is 10.2. The molecule has 1 amide bonds. The Morgan fingerprint density at radius 2 is 2.06 bits per heavy atom. The molecule has 0 saturated heterocycles. The van der Waals surface area contributed by atoms with Crippen molar-refractivity contribution in [2.75, 3.05) is 18.8 Å². The minimum atomic E-state index is -0.277. The summed E-state index contributed by atoms with van der Waals surface area (Å²) >= 11 is 4.10. The van der Waals surface area contributed by atoms with Crippen molar-refractivity contribution in [2.24, 2.45) is 0 Å². The Morgan fingerprint density at radius 3 is 2.62 bits per heavy atom. The molecule has 4 heteroatoms. The molecule has 0 heterocycles. The molecule has 0 bridgehead atoms. The van der Waals surface area contributed by atoms with Crippen molar-refractivity contribution in [1.29, 1.82) is 0 Å². The first kappa shape index (κ1) is 12.9. The van der Waals surface area contributed by atoms with E-state index in [0.717, 1.165) is 5.56 Å². The van der Waals surface area contributed by atoms with Gasteiger partial charge in [0.05, 0.1) is 0 Å². The van der Waals surface area contributed by atoms with Gasteiger partial charge in [0.2, 0.25) is 0 Å². The lowest BCUT2D eigenvalue weighted by Gasteiger charge is -2.19. The average Bonchev–Trinajstić information content (AvgIpc) is 2.34. The molecule has 0 aliphatic heterocycles. The number of thiol groups is 1. The van der Waals surface area contributed by atoms with Crippen LogP contribution in [0.15, 0.2) is 30.3 Å². The van der Waals surface area contributed by atoms with Gasteiger partial charge in [0.15, 0.2) is 0 Å². The standard InChI is InChI=1S/C12H17NO2S/c1-2-13(8-9-16)12(14)15-10-11-6-4-3-5-7-11/h3-7,16H,2,8-10H2,1H3. The molecule has 0 saturated carbocycles. The molecule has 0 aliphatic carbocycles. The Morgan fingerprint density at radius 1 is 1.38 bits per heavy atom. The van der Waals surface area contributed by atoms with Crippen molar-refractivity contribution in [2.45, 2.75) is 13.5 Å². The molecule has 0 unspecified atom stereocenters. The van der Waals surface area contributed by atoms with E-state index in [1.54, 1.807) is 4.90 Å². The third-order valence-electron chi connectivity index (χ3n) is 2.21. The summed E-state index contributed by atoms with van der Waals surface area (Å²) in [6.07, 6.45) is -0.277. The second kappa shape index (κ2) is 7.17. The van der Waals surface area contributed by atoms with Crippen LogP contribution in [-0.4, -0.2) is 29.8 Å². The lowest BCUT2D eigenvalue weighted by Crippen LogP contribution is -2.32. The van der Waals surface area contributed by atoms with Gasteiger partial charge < -0.3 is 9.64 Å². The van der Waals surface area contributed by atoms with Gasteiger partial charge in [0.1, 0.15) is 6.61 Å². The van der Waals surface area contributed by atoms with Crippen molar-refractivity contribution < 1.29 is 9.53 Å². The number of rotatable bonds is 5. The lowest BCUT2D eigenvalue weighted by molar-refractivity contribution is 0.100. The Kier molecular flexibility index (Phi) is 5.78. The normalized spacial score (nSPS) is 9.88. The van der Waals surface area contributed by atoms with Gasteiger partial charge in [-0.3, -0.25) is 0 Å². The topological polar surface area (TPSA) is 29.5 Å². The maximum atomic E-state index is 11.6. The highest BCUT2D eigenvalue weighted by molar-refractivity contribution is 7.80. The number of carbonyl (C=O) groups is 1. The number of hydrogen-bond acceptors (Lipinski definition) is 3. The molecule has 1 rings (SSSR count). The molecular formula is C12H17NO2S. The molecule has 0 N–H and O–H groups in total.